The van der Waals surface area contributed by atoms with Gasteiger partial charge in [0.1, 0.15) is 12.8 Å². The van der Waals surface area contributed by atoms with Crippen molar-refractivity contribution >= 4 is 13.6 Å². The maximum Gasteiger partial charge on any atom is 0.336 e. The van der Waals surface area contributed by atoms with Crippen LogP contribution < -0.4 is 0 Å². The van der Waals surface area contributed by atoms with Gasteiger partial charge in [-0.3, -0.25) is 9.36 Å². The molecule has 0 fully saturated rings. The Bertz CT molecular complexity index is 272. The molecule has 0 unspecified atom stereocenters. The molecule has 0 heterocycles. The molecule has 0 saturated heterocycles. The van der Waals surface area contributed by atoms with Crippen LogP contribution in [-0.4, -0.2) is 28.5 Å². The van der Waals surface area contributed by atoms with Gasteiger partial charge in [0.2, 0.25) is 0 Å². The molecule has 0 aliphatic rings. The lowest BCUT2D eigenvalue weighted by molar-refractivity contribution is -0.139. The average Bonchev–Trinajstić information content (AvgIpc) is 2.09. The molecule has 0 spiro atoms. The molecule has 0 atom stereocenters. The van der Waals surface area contributed by atoms with Crippen LogP contribution in [0.15, 0.2) is 11.6 Å². The number of hydrogen-bond donors (Lipinski definition) is 2. The lowest BCUT2D eigenvalue weighted by Gasteiger charge is -2.04. The highest BCUT2D eigenvalue weighted by molar-refractivity contribution is 7.52. The largest absolute Gasteiger partial charge is 0.461 e. The Balaban J connectivity index is 3.92. The molecule has 2 N–H and O–H groups in total. The van der Waals surface area contributed by atoms with Crippen molar-refractivity contribution in [2.45, 2.75) is 26.7 Å². The minimum absolute atomic E-state index is 0.0792. The van der Waals surface area contributed by atoms with Crippen molar-refractivity contribution in [3.63, 3.8) is 0 Å². The van der Waals surface area contributed by atoms with Gasteiger partial charge in [0.15, 0.2) is 0 Å². The molecule has 6 heteroatoms. The van der Waals surface area contributed by atoms with Crippen molar-refractivity contribution < 1.29 is 23.9 Å². The summed E-state index contributed by atoms with van der Waals surface area (Å²) >= 11 is 0. The van der Waals surface area contributed by atoms with Crippen LogP contribution in [0.1, 0.15) is 26.7 Å². The summed E-state index contributed by atoms with van der Waals surface area (Å²) in [6, 6.07) is 0. The zero-order valence-electron chi connectivity index (χ0n) is 8.97. The molecule has 0 saturated carbocycles. The summed E-state index contributed by atoms with van der Waals surface area (Å²) in [6.07, 6.45) is 2.67. The van der Waals surface area contributed by atoms with Gasteiger partial charge in [0.05, 0.1) is 0 Å². The Kier molecular flexibility index (Phi) is 6.48. The molecular weight excluding hydrogens is 219 g/mol. The Morgan fingerprint density at radius 1 is 1.33 bits per heavy atom. The van der Waals surface area contributed by atoms with E-state index in [0.717, 1.165) is 18.4 Å². The van der Waals surface area contributed by atoms with Gasteiger partial charge in [-0.05, 0) is 18.9 Å². The molecule has 0 rings (SSSR count). The summed E-state index contributed by atoms with van der Waals surface area (Å²) in [7, 11) is -4.29. The van der Waals surface area contributed by atoms with Crippen molar-refractivity contribution in [2.75, 3.05) is 12.8 Å². The van der Waals surface area contributed by atoms with E-state index in [4.69, 9.17) is 9.79 Å². The lowest BCUT2D eigenvalue weighted by atomic mass is 10.1. The minimum atomic E-state index is -4.29. The predicted octanol–water partition coefficient (Wildman–Crippen LogP) is 1.45. The van der Waals surface area contributed by atoms with Gasteiger partial charge in [-0.1, -0.05) is 19.4 Å². The van der Waals surface area contributed by atoms with E-state index in [0.29, 0.717) is 0 Å². The molecule has 15 heavy (non-hydrogen) atoms. The fourth-order valence-corrected chi connectivity index (χ4v) is 1.43. The number of ether oxygens (including phenoxy) is 1. The average molecular weight is 236 g/mol. The zero-order valence-corrected chi connectivity index (χ0v) is 9.87. The van der Waals surface area contributed by atoms with E-state index in [-0.39, 0.29) is 6.61 Å². The van der Waals surface area contributed by atoms with Crippen LogP contribution >= 0.6 is 7.60 Å². The van der Waals surface area contributed by atoms with Crippen molar-refractivity contribution in [1.29, 1.82) is 0 Å². The SMILES string of the molecule is CCC(=CCOC(=O)CP(=O)(O)O)CC. The highest BCUT2D eigenvalue weighted by Gasteiger charge is 2.19. The van der Waals surface area contributed by atoms with Gasteiger partial charge >= 0.3 is 13.6 Å². The number of hydrogen-bond acceptors (Lipinski definition) is 3. The van der Waals surface area contributed by atoms with Crippen LogP contribution in [0, 0.1) is 0 Å². The standard InChI is InChI=1S/C9H17O5P/c1-3-8(4-2)5-6-14-9(10)7-15(11,12)13/h5H,3-4,6-7H2,1-2H3,(H2,11,12,13). The lowest BCUT2D eigenvalue weighted by Crippen LogP contribution is -2.10. The fraction of sp³-hybridized carbons (Fsp3) is 0.667. The van der Waals surface area contributed by atoms with Gasteiger partial charge in [-0.15, -0.1) is 0 Å². The predicted molar refractivity (Wildman–Crippen MR) is 56.5 cm³/mol. The Morgan fingerprint density at radius 3 is 2.27 bits per heavy atom. The molecule has 0 bridgehead atoms. The van der Waals surface area contributed by atoms with Gasteiger partial charge in [-0.2, -0.15) is 0 Å². The summed E-state index contributed by atoms with van der Waals surface area (Å²) in [5.41, 5.74) is 1.15. The fourth-order valence-electron chi connectivity index (χ4n) is 1.00. The monoisotopic (exact) mass is 236 g/mol. The molecular formula is C9H17O5P. The molecule has 0 aromatic rings. The molecule has 0 aromatic carbocycles. The van der Waals surface area contributed by atoms with E-state index in [1.54, 1.807) is 6.08 Å². The van der Waals surface area contributed by atoms with Crippen molar-refractivity contribution in [1.82, 2.24) is 0 Å². The van der Waals surface area contributed by atoms with Crippen LogP contribution in [0.2, 0.25) is 0 Å². The second-order valence-corrected chi connectivity index (χ2v) is 4.72. The second-order valence-electron chi connectivity index (χ2n) is 3.08. The van der Waals surface area contributed by atoms with Crippen LogP contribution in [0.3, 0.4) is 0 Å². The van der Waals surface area contributed by atoms with E-state index < -0.39 is 19.7 Å². The maximum atomic E-state index is 10.9. The van der Waals surface area contributed by atoms with Gasteiger partial charge in [0.25, 0.3) is 0 Å². The molecule has 5 nitrogen and oxygen atoms in total. The minimum Gasteiger partial charge on any atom is -0.461 e. The van der Waals surface area contributed by atoms with Crippen LogP contribution in [0.5, 0.6) is 0 Å². The summed E-state index contributed by atoms with van der Waals surface area (Å²) in [5, 5.41) is 0. The third kappa shape index (κ3) is 8.36. The van der Waals surface area contributed by atoms with Crippen molar-refractivity contribution in [3.05, 3.63) is 11.6 Å². The molecule has 88 valence electrons. The highest BCUT2D eigenvalue weighted by atomic mass is 31.2. The summed E-state index contributed by atoms with van der Waals surface area (Å²) in [4.78, 5) is 27.8. The van der Waals surface area contributed by atoms with Crippen LogP contribution in [-0.2, 0) is 14.1 Å². The Hall–Kier alpha value is -0.640. The Morgan fingerprint density at radius 2 is 1.87 bits per heavy atom. The molecule has 0 radical (unpaired) electrons. The van der Waals surface area contributed by atoms with E-state index in [2.05, 4.69) is 4.74 Å². The zero-order chi connectivity index (χ0) is 11.9. The second kappa shape index (κ2) is 6.77. The molecule has 0 aliphatic carbocycles. The van der Waals surface area contributed by atoms with E-state index >= 15 is 0 Å². The quantitative estimate of drug-likeness (QED) is 0.414. The molecule has 0 amide bonds. The smallest absolute Gasteiger partial charge is 0.336 e. The summed E-state index contributed by atoms with van der Waals surface area (Å²) < 4.78 is 15.1. The van der Waals surface area contributed by atoms with E-state index in [1.807, 2.05) is 13.8 Å². The van der Waals surface area contributed by atoms with Crippen LogP contribution in [0.4, 0.5) is 0 Å². The van der Waals surface area contributed by atoms with Crippen LogP contribution in [0.25, 0.3) is 0 Å². The molecule has 0 aromatic heterocycles. The first kappa shape index (κ1) is 14.4. The number of carbonyl (C=O) groups is 1. The highest BCUT2D eigenvalue weighted by Crippen LogP contribution is 2.33. The number of carbonyl (C=O) groups excluding carboxylic acids is 1. The van der Waals surface area contributed by atoms with E-state index in [1.165, 1.54) is 0 Å². The first-order valence-electron chi connectivity index (χ1n) is 4.77. The summed E-state index contributed by atoms with van der Waals surface area (Å²) in [6.45, 7) is 4.06. The first-order chi connectivity index (χ1) is 6.89. The van der Waals surface area contributed by atoms with Gasteiger partial charge in [-0.25, -0.2) is 0 Å². The molecule has 0 aliphatic heterocycles. The van der Waals surface area contributed by atoms with Crippen molar-refractivity contribution in [3.8, 4) is 0 Å². The topological polar surface area (TPSA) is 83.8 Å². The normalized spacial score (nSPS) is 10.9. The van der Waals surface area contributed by atoms with Gasteiger partial charge < -0.3 is 14.5 Å². The first-order valence-corrected chi connectivity index (χ1v) is 6.57. The maximum absolute atomic E-state index is 10.9. The summed E-state index contributed by atoms with van der Waals surface area (Å²) in [5.74, 6) is -0.869. The Labute approximate surface area is 89.3 Å². The number of allylic oxidation sites excluding steroid dienone is 1. The number of esters is 1. The van der Waals surface area contributed by atoms with Crippen molar-refractivity contribution in [2.24, 2.45) is 0 Å². The third-order valence-electron chi connectivity index (χ3n) is 1.86. The third-order valence-corrected chi connectivity index (χ3v) is 2.53. The number of rotatable bonds is 6. The van der Waals surface area contributed by atoms with E-state index in [9.17, 15) is 9.36 Å². The van der Waals surface area contributed by atoms with Gasteiger partial charge in [0, 0.05) is 0 Å².